The first-order chi connectivity index (χ1) is 17.7. The maximum atomic E-state index is 6.18. The first-order valence-corrected chi connectivity index (χ1v) is 12.5. The number of hydrogen-bond acceptors (Lipinski definition) is 6. The molecule has 4 aromatic rings. The predicted octanol–water partition coefficient (Wildman–Crippen LogP) is 5.78. The van der Waals surface area contributed by atoms with Crippen LogP contribution < -0.4 is 18.9 Å². The van der Waals surface area contributed by atoms with Gasteiger partial charge in [-0.3, -0.25) is 0 Å². The second kappa shape index (κ2) is 10.2. The number of ether oxygens (including phenoxy) is 6. The van der Waals surface area contributed by atoms with Crippen molar-refractivity contribution in [2.24, 2.45) is 0 Å². The fourth-order valence-corrected chi connectivity index (χ4v) is 4.09. The lowest BCUT2D eigenvalue weighted by molar-refractivity contribution is 0.177. The molecule has 2 aliphatic rings. The van der Waals surface area contributed by atoms with E-state index in [1.807, 2.05) is 36.4 Å². The van der Waals surface area contributed by atoms with Gasteiger partial charge in [0, 0.05) is 6.42 Å². The van der Waals surface area contributed by atoms with Crippen molar-refractivity contribution in [3.63, 3.8) is 0 Å². The van der Waals surface area contributed by atoms with Crippen LogP contribution in [0.5, 0.6) is 23.0 Å². The van der Waals surface area contributed by atoms with Gasteiger partial charge in [0.15, 0.2) is 0 Å². The highest BCUT2D eigenvalue weighted by atomic mass is 16.6. The summed E-state index contributed by atoms with van der Waals surface area (Å²) in [6.45, 7) is 5.41. The Balaban J connectivity index is 1.02. The zero-order valence-electron chi connectivity index (χ0n) is 20.4. The van der Waals surface area contributed by atoms with Crippen molar-refractivity contribution in [3.05, 3.63) is 72.8 Å². The Morgan fingerprint density at radius 2 is 1.08 bits per heavy atom. The van der Waals surface area contributed by atoms with Crippen molar-refractivity contribution < 1.29 is 28.4 Å². The Bertz CT molecular complexity index is 1340. The molecule has 0 radical (unpaired) electrons. The van der Waals surface area contributed by atoms with Gasteiger partial charge in [-0.15, -0.1) is 0 Å². The van der Waals surface area contributed by atoms with E-state index in [1.165, 1.54) is 0 Å². The fraction of sp³-hybridized carbons (Fsp3) is 0.333. The lowest BCUT2D eigenvalue weighted by Gasteiger charge is -2.16. The molecule has 2 fully saturated rings. The van der Waals surface area contributed by atoms with E-state index in [0.29, 0.717) is 19.8 Å². The molecular formula is C30H30O6. The summed E-state index contributed by atoms with van der Waals surface area (Å²) in [5.74, 6) is 3.38. The van der Waals surface area contributed by atoms with E-state index in [-0.39, 0.29) is 18.3 Å². The molecule has 3 atom stereocenters. The monoisotopic (exact) mass is 486 g/mol. The molecule has 6 rings (SSSR count). The normalized spacial score (nSPS) is 19.1. The molecule has 0 N–H and O–H groups in total. The number of hydrogen-bond donors (Lipinski definition) is 0. The van der Waals surface area contributed by atoms with Crippen LogP contribution in [0.2, 0.25) is 0 Å². The van der Waals surface area contributed by atoms with Crippen LogP contribution in [0, 0.1) is 0 Å². The molecule has 4 aromatic carbocycles. The van der Waals surface area contributed by atoms with Gasteiger partial charge < -0.3 is 28.4 Å². The average Bonchev–Trinajstić information content (AvgIpc) is 3.81. The van der Waals surface area contributed by atoms with E-state index >= 15 is 0 Å². The third kappa shape index (κ3) is 6.01. The van der Waals surface area contributed by atoms with Crippen molar-refractivity contribution in [2.75, 3.05) is 33.0 Å². The van der Waals surface area contributed by atoms with Crippen LogP contribution in [0.3, 0.4) is 0 Å². The highest BCUT2D eigenvalue weighted by Gasteiger charge is 2.23. The standard InChI is InChI=1S/C30H30O6/c1-20(36-28-9-5-22-4-8-27(14-24(22)15-28)33-17-30-19-35-30)10-11-31-25-6-2-21-3-7-26(13-23(21)12-25)32-16-29-18-34-29/h2-9,12-15,20,29-30H,10-11,16-19H2,1H3. The number of epoxide rings is 2. The predicted molar refractivity (Wildman–Crippen MR) is 139 cm³/mol. The van der Waals surface area contributed by atoms with Gasteiger partial charge in [-0.05, 0) is 77.0 Å². The summed E-state index contributed by atoms with van der Waals surface area (Å²) in [6, 6.07) is 24.5. The molecule has 0 bridgehead atoms. The van der Waals surface area contributed by atoms with E-state index < -0.39 is 0 Å². The Morgan fingerprint density at radius 1 is 0.639 bits per heavy atom. The average molecular weight is 487 g/mol. The minimum Gasteiger partial charge on any atom is -0.493 e. The van der Waals surface area contributed by atoms with Gasteiger partial charge in [0.1, 0.15) is 48.4 Å². The molecule has 6 heteroatoms. The van der Waals surface area contributed by atoms with Crippen LogP contribution in [0.15, 0.2) is 72.8 Å². The molecule has 3 unspecified atom stereocenters. The van der Waals surface area contributed by atoms with Crippen molar-refractivity contribution in [1.29, 1.82) is 0 Å². The zero-order valence-corrected chi connectivity index (χ0v) is 20.4. The molecule has 0 saturated carbocycles. The van der Waals surface area contributed by atoms with E-state index in [9.17, 15) is 0 Å². The zero-order chi connectivity index (χ0) is 24.3. The van der Waals surface area contributed by atoms with Crippen molar-refractivity contribution >= 4 is 21.5 Å². The Morgan fingerprint density at radius 3 is 1.58 bits per heavy atom. The minimum atomic E-state index is 0.0130. The highest BCUT2D eigenvalue weighted by Crippen LogP contribution is 2.28. The van der Waals surface area contributed by atoms with Crippen molar-refractivity contribution in [1.82, 2.24) is 0 Å². The topological polar surface area (TPSA) is 62.0 Å². The third-order valence-corrected chi connectivity index (χ3v) is 6.37. The molecule has 6 nitrogen and oxygen atoms in total. The number of fused-ring (bicyclic) bond motifs is 2. The quantitative estimate of drug-likeness (QED) is 0.237. The van der Waals surface area contributed by atoms with Crippen molar-refractivity contribution in [2.45, 2.75) is 31.7 Å². The number of benzene rings is 4. The Hall–Kier alpha value is -3.48. The van der Waals surface area contributed by atoms with E-state index in [0.717, 1.165) is 64.2 Å². The maximum Gasteiger partial charge on any atom is 0.120 e. The van der Waals surface area contributed by atoms with Crippen LogP contribution >= 0.6 is 0 Å². The van der Waals surface area contributed by atoms with Gasteiger partial charge in [0.2, 0.25) is 0 Å². The SMILES string of the molecule is CC(CCOc1ccc2ccc(OCC3CO3)cc2c1)Oc1ccc2ccc(OCC3CO3)cc2c1. The molecule has 0 aromatic heterocycles. The first-order valence-electron chi connectivity index (χ1n) is 12.5. The van der Waals surface area contributed by atoms with E-state index in [2.05, 4.69) is 43.3 Å². The fourth-order valence-electron chi connectivity index (χ4n) is 4.09. The number of rotatable bonds is 12. The van der Waals surface area contributed by atoms with Crippen molar-refractivity contribution in [3.8, 4) is 23.0 Å². The van der Waals surface area contributed by atoms with Crippen LogP contribution in [-0.2, 0) is 9.47 Å². The molecule has 0 spiro atoms. The summed E-state index contributed by atoms with van der Waals surface area (Å²) >= 11 is 0. The van der Waals surface area contributed by atoms with Gasteiger partial charge in [0.05, 0.1) is 25.9 Å². The van der Waals surface area contributed by atoms with E-state index in [1.54, 1.807) is 0 Å². The first kappa shape index (κ1) is 23.0. The third-order valence-electron chi connectivity index (χ3n) is 6.37. The smallest absolute Gasteiger partial charge is 0.120 e. The molecule has 186 valence electrons. The van der Waals surface area contributed by atoms with E-state index in [4.69, 9.17) is 28.4 Å². The van der Waals surface area contributed by atoms with Gasteiger partial charge in [0.25, 0.3) is 0 Å². The highest BCUT2D eigenvalue weighted by molar-refractivity contribution is 5.86. The molecule has 2 heterocycles. The molecule has 0 aliphatic carbocycles. The summed E-state index contributed by atoms with van der Waals surface area (Å²) in [7, 11) is 0. The lowest BCUT2D eigenvalue weighted by atomic mass is 10.1. The van der Waals surface area contributed by atoms with Crippen LogP contribution in [-0.4, -0.2) is 51.3 Å². The van der Waals surface area contributed by atoms with Crippen LogP contribution in [0.1, 0.15) is 13.3 Å². The summed E-state index contributed by atoms with van der Waals surface area (Å²) in [6.07, 6.45) is 1.27. The summed E-state index contributed by atoms with van der Waals surface area (Å²) in [5, 5.41) is 4.49. The summed E-state index contributed by atoms with van der Waals surface area (Å²) in [5.41, 5.74) is 0. The van der Waals surface area contributed by atoms with Crippen LogP contribution in [0.25, 0.3) is 21.5 Å². The Labute approximate surface area is 210 Å². The second-order valence-corrected chi connectivity index (χ2v) is 9.44. The Kier molecular flexibility index (Phi) is 6.53. The van der Waals surface area contributed by atoms with Gasteiger partial charge >= 0.3 is 0 Å². The van der Waals surface area contributed by atoms with Gasteiger partial charge in [-0.25, -0.2) is 0 Å². The summed E-state index contributed by atoms with van der Waals surface area (Å²) in [4.78, 5) is 0. The largest absolute Gasteiger partial charge is 0.493 e. The molecule has 0 amide bonds. The van der Waals surface area contributed by atoms with Gasteiger partial charge in [-0.1, -0.05) is 24.3 Å². The molecule has 36 heavy (non-hydrogen) atoms. The lowest BCUT2D eigenvalue weighted by Crippen LogP contribution is -2.15. The van der Waals surface area contributed by atoms with Crippen LogP contribution in [0.4, 0.5) is 0 Å². The second-order valence-electron chi connectivity index (χ2n) is 9.44. The minimum absolute atomic E-state index is 0.0130. The molecule has 2 saturated heterocycles. The summed E-state index contributed by atoms with van der Waals surface area (Å²) < 4.78 is 34.3. The van der Waals surface area contributed by atoms with Gasteiger partial charge in [-0.2, -0.15) is 0 Å². The molecular weight excluding hydrogens is 456 g/mol. The maximum absolute atomic E-state index is 6.18. The molecule has 2 aliphatic heterocycles.